The van der Waals surface area contributed by atoms with Crippen LogP contribution in [0.15, 0.2) is 64.5 Å². The molecule has 136 valence electrons. The fourth-order valence-electron chi connectivity index (χ4n) is 2.19. The highest BCUT2D eigenvalue weighted by Crippen LogP contribution is 2.21. The molecule has 26 heavy (non-hydrogen) atoms. The van der Waals surface area contributed by atoms with E-state index in [1.807, 2.05) is 31.2 Å². The highest BCUT2D eigenvalue weighted by Gasteiger charge is 2.10. The molecule has 0 spiro atoms. The van der Waals surface area contributed by atoms with Crippen LogP contribution in [-0.4, -0.2) is 27.1 Å². The highest BCUT2D eigenvalue weighted by molar-refractivity contribution is 7.89. The zero-order valence-electron chi connectivity index (χ0n) is 14.4. The number of hydrogen-bond donors (Lipinski definition) is 3. The largest absolute Gasteiger partial charge is 0.364 e. The number of aliphatic imine (C=N–C) groups is 1. The van der Waals surface area contributed by atoms with E-state index in [-0.39, 0.29) is 10.6 Å². The molecular formula is C18H20N4O3S. The molecule has 0 aliphatic rings. The van der Waals surface area contributed by atoms with Gasteiger partial charge in [-0.25, -0.2) is 13.6 Å². The summed E-state index contributed by atoms with van der Waals surface area (Å²) < 4.78 is 22.7. The van der Waals surface area contributed by atoms with Gasteiger partial charge in [-0.05, 0) is 42.8 Å². The van der Waals surface area contributed by atoms with Crippen molar-refractivity contribution in [2.24, 2.45) is 15.9 Å². The van der Waals surface area contributed by atoms with E-state index in [0.717, 1.165) is 11.1 Å². The molecule has 0 heterocycles. The Hall–Kier alpha value is -2.97. The highest BCUT2D eigenvalue weighted by atomic mass is 32.2. The average Bonchev–Trinajstić information content (AvgIpc) is 2.58. The lowest BCUT2D eigenvalue weighted by Gasteiger charge is -2.13. The maximum absolute atomic E-state index is 11.5. The van der Waals surface area contributed by atoms with Gasteiger partial charge in [0.25, 0.3) is 5.91 Å². The molecule has 0 saturated carbocycles. The zero-order chi connectivity index (χ0) is 19.3. The van der Waals surface area contributed by atoms with Gasteiger partial charge in [-0.2, -0.15) is 0 Å². The van der Waals surface area contributed by atoms with Crippen molar-refractivity contribution in [1.82, 2.24) is 0 Å². The summed E-state index contributed by atoms with van der Waals surface area (Å²) in [5.41, 5.74) is 8.55. The second kappa shape index (κ2) is 7.94. The summed E-state index contributed by atoms with van der Waals surface area (Å²) in [6.45, 7) is 1.97. The molecule has 7 nitrogen and oxygen atoms in total. The Bertz CT molecular complexity index is 961. The molecule has 0 radical (unpaired) electrons. The van der Waals surface area contributed by atoms with Crippen LogP contribution in [0.2, 0.25) is 0 Å². The molecule has 0 bridgehead atoms. The summed E-state index contributed by atoms with van der Waals surface area (Å²) in [6, 6.07) is 13.6. The number of rotatable bonds is 6. The monoisotopic (exact) mass is 372 g/mol. The number of anilines is 1. The first-order chi connectivity index (χ1) is 12.2. The maximum atomic E-state index is 11.5. The number of amides is 1. The van der Waals surface area contributed by atoms with E-state index in [4.69, 9.17) is 10.9 Å². The van der Waals surface area contributed by atoms with Crippen LogP contribution < -0.4 is 16.2 Å². The average molecular weight is 372 g/mol. The Kier molecular flexibility index (Phi) is 5.91. The summed E-state index contributed by atoms with van der Waals surface area (Å²) >= 11 is 0. The molecule has 5 N–H and O–H groups in total. The van der Waals surface area contributed by atoms with Crippen LogP contribution in [0.3, 0.4) is 0 Å². The minimum atomic E-state index is -3.76. The fourth-order valence-corrected chi connectivity index (χ4v) is 2.71. The number of carbonyl (C=O) groups is 1. The SMILES string of the molecule is CN=C(/C=C(\Nc1ccc(S(N)(=O)=O)cc1)c1ccc(C)cc1)C(N)=O. The van der Waals surface area contributed by atoms with E-state index in [2.05, 4.69) is 10.3 Å². The lowest BCUT2D eigenvalue weighted by atomic mass is 10.1. The number of nitrogens with zero attached hydrogens (tertiary/aromatic N) is 1. The van der Waals surface area contributed by atoms with Gasteiger partial charge in [0.15, 0.2) is 0 Å². The molecular weight excluding hydrogens is 352 g/mol. The van der Waals surface area contributed by atoms with Crippen molar-refractivity contribution in [3.05, 3.63) is 65.7 Å². The lowest BCUT2D eigenvalue weighted by Crippen LogP contribution is -2.22. The van der Waals surface area contributed by atoms with E-state index in [0.29, 0.717) is 11.4 Å². The third-order valence-electron chi connectivity index (χ3n) is 3.60. The molecule has 0 fully saturated rings. The molecule has 0 aliphatic carbocycles. The summed E-state index contributed by atoms with van der Waals surface area (Å²) in [6.07, 6.45) is 1.54. The number of carbonyl (C=O) groups excluding carboxylic acids is 1. The Morgan fingerprint density at radius 1 is 1.08 bits per heavy atom. The first-order valence-electron chi connectivity index (χ1n) is 7.66. The molecule has 0 aliphatic heterocycles. The lowest BCUT2D eigenvalue weighted by molar-refractivity contribution is -0.111. The summed E-state index contributed by atoms with van der Waals surface area (Å²) in [5, 5.41) is 8.25. The minimum Gasteiger partial charge on any atom is -0.364 e. The van der Waals surface area contributed by atoms with E-state index in [1.165, 1.54) is 19.2 Å². The van der Waals surface area contributed by atoms with Gasteiger partial charge in [-0.1, -0.05) is 29.8 Å². The number of nitrogens with one attached hydrogen (secondary N) is 1. The van der Waals surface area contributed by atoms with Crippen LogP contribution in [0, 0.1) is 6.92 Å². The maximum Gasteiger partial charge on any atom is 0.266 e. The number of nitrogens with two attached hydrogens (primary N) is 2. The topological polar surface area (TPSA) is 128 Å². The Labute approximate surface area is 152 Å². The van der Waals surface area contributed by atoms with Crippen molar-refractivity contribution in [1.29, 1.82) is 0 Å². The van der Waals surface area contributed by atoms with Crippen LogP contribution in [-0.2, 0) is 14.8 Å². The molecule has 0 unspecified atom stereocenters. The van der Waals surface area contributed by atoms with Crippen molar-refractivity contribution in [2.75, 3.05) is 12.4 Å². The quantitative estimate of drug-likeness (QED) is 0.666. The summed E-state index contributed by atoms with van der Waals surface area (Å²) in [7, 11) is -2.29. The van der Waals surface area contributed by atoms with E-state index in [1.54, 1.807) is 18.2 Å². The molecule has 2 rings (SSSR count). The van der Waals surface area contributed by atoms with Crippen LogP contribution >= 0.6 is 0 Å². The van der Waals surface area contributed by atoms with Crippen molar-refractivity contribution in [3.8, 4) is 0 Å². The summed E-state index contributed by atoms with van der Waals surface area (Å²) in [4.78, 5) is 15.4. The van der Waals surface area contributed by atoms with Crippen LogP contribution in [0.25, 0.3) is 5.70 Å². The normalized spacial score (nSPS) is 12.7. The van der Waals surface area contributed by atoms with Crippen LogP contribution in [0.4, 0.5) is 5.69 Å². The predicted molar refractivity (Wildman–Crippen MR) is 103 cm³/mol. The van der Waals surface area contributed by atoms with Crippen molar-refractivity contribution in [3.63, 3.8) is 0 Å². The van der Waals surface area contributed by atoms with Gasteiger partial charge in [0.1, 0.15) is 5.71 Å². The zero-order valence-corrected chi connectivity index (χ0v) is 15.2. The number of hydrogen-bond acceptors (Lipinski definition) is 5. The number of benzene rings is 2. The molecule has 2 aromatic carbocycles. The molecule has 2 aromatic rings. The summed E-state index contributed by atoms with van der Waals surface area (Å²) in [5.74, 6) is -0.650. The molecule has 0 aromatic heterocycles. The van der Waals surface area contributed by atoms with Gasteiger partial charge in [0.05, 0.1) is 4.90 Å². The Balaban J connectivity index is 2.43. The van der Waals surface area contributed by atoms with Gasteiger partial charge in [-0.15, -0.1) is 0 Å². The number of aryl methyl sites for hydroxylation is 1. The first-order valence-corrected chi connectivity index (χ1v) is 9.20. The third kappa shape index (κ3) is 5.01. The van der Waals surface area contributed by atoms with Gasteiger partial charge < -0.3 is 11.1 Å². The molecule has 0 saturated heterocycles. The number of primary amides is 1. The number of sulfonamides is 1. The Morgan fingerprint density at radius 3 is 2.12 bits per heavy atom. The standard InChI is InChI=1S/C18H20N4O3S/c1-12-3-5-13(6-4-12)16(11-17(21-2)18(19)23)22-14-7-9-15(10-8-14)26(20,24)25/h3-11,22H,1-2H3,(H2,19,23)(H2,20,24,25)/b16-11-,21-17?. The van der Waals surface area contributed by atoms with Crippen molar-refractivity contribution in [2.45, 2.75) is 11.8 Å². The van der Waals surface area contributed by atoms with Crippen LogP contribution in [0.5, 0.6) is 0 Å². The second-order valence-electron chi connectivity index (χ2n) is 5.59. The van der Waals surface area contributed by atoms with E-state index in [9.17, 15) is 13.2 Å². The number of primary sulfonamides is 1. The predicted octanol–water partition coefficient (Wildman–Crippen LogP) is 1.65. The molecule has 0 atom stereocenters. The first kappa shape index (κ1) is 19.4. The third-order valence-corrected chi connectivity index (χ3v) is 4.53. The van der Waals surface area contributed by atoms with Gasteiger partial charge in [0, 0.05) is 18.4 Å². The fraction of sp³-hybridized carbons (Fsp3) is 0.111. The van der Waals surface area contributed by atoms with Crippen molar-refractivity contribution < 1.29 is 13.2 Å². The van der Waals surface area contributed by atoms with Crippen LogP contribution in [0.1, 0.15) is 11.1 Å². The molecule has 8 heteroatoms. The van der Waals surface area contributed by atoms with Gasteiger partial charge in [-0.3, -0.25) is 9.79 Å². The van der Waals surface area contributed by atoms with Gasteiger partial charge in [0.2, 0.25) is 10.0 Å². The van der Waals surface area contributed by atoms with E-state index < -0.39 is 15.9 Å². The van der Waals surface area contributed by atoms with Gasteiger partial charge >= 0.3 is 0 Å². The Morgan fingerprint density at radius 2 is 1.65 bits per heavy atom. The minimum absolute atomic E-state index is 0.0110. The molecule has 1 amide bonds. The van der Waals surface area contributed by atoms with E-state index >= 15 is 0 Å². The van der Waals surface area contributed by atoms with Crippen molar-refractivity contribution >= 4 is 33.0 Å². The second-order valence-corrected chi connectivity index (χ2v) is 7.15. The smallest absolute Gasteiger partial charge is 0.266 e.